The Labute approximate surface area is 152 Å². The first-order valence-electron chi connectivity index (χ1n) is 7.61. The van der Waals surface area contributed by atoms with E-state index in [4.69, 9.17) is 4.18 Å². The Hall–Kier alpha value is -2.78. The third kappa shape index (κ3) is 2.74. The van der Waals surface area contributed by atoms with Crippen LogP contribution in [0, 0.1) is 6.92 Å². The van der Waals surface area contributed by atoms with Crippen LogP contribution in [0.15, 0.2) is 47.4 Å². The molecular formula is C17H13N3O4S2. The summed E-state index contributed by atoms with van der Waals surface area (Å²) in [6, 6.07) is 10.7. The summed E-state index contributed by atoms with van der Waals surface area (Å²) >= 11 is 1.16. The molecule has 0 amide bonds. The molecule has 0 saturated carbocycles. The minimum absolute atomic E-state index is 0.118. The highest BCUT2D eigenvalue weighted by molar-refractivity contribution is 7.86. The average Bonchev–Trinajstić information content (AvgIpc) is 2.94. The minimum atomic E-state index is -3.72. The van der Waals surface area contributed by atoms with Gasteiger partial charge in [0.25, 0.3) is 5.56 Å². The van der Waals surface area contributed by atoms with Crippen LogP contribution in [0.3, 0.4) is 0 Å². The maximum atomic E-state index is 13.1. The molecule has 0 spiro atoms. The second-order valence-electron chi connectivity index (χ2n) is 5.69. The van der Waals surface area contributed by atoms with Crippen molar-refractivity contribution in [2.75, 3.05) is 6.26 Å². The van der Waals surface area contributed by atoms with Gasteiger partial charge in [0.05, 0.1) is 17.3 Å². The number of para-hydroxylation sites is 1. The predicted octanol–water partition coefficient (Wildman–Crippen LogP) is 2.64. The van der Waals surface area contributed by atoms with Gasteiger partial charge in [0.2, 0.25) is 0 Å². The summed E-state index contributed by atoms with van der Waals surface area (Å²) in [5.41, 5.74) is 0.876. The van der Waals surface area contributed by atoms with Gasteiger partial charge in [0.1, 0.15) is 20.9 Å². The summed E-state index contributed by atoms with van der Waals surface area (Å²) in [5, 5.41) is 0.429. The van der Waals surface area contributed by atoms with Crippen molar-refractivity contribution in [2.45, 2.75) is 6.92 Å². The van der Waals surface area contributed by atoms with Crippen LogP contribution >= 0.6 is 11.3 Å². The van der Waals surface area contributed by atoms with E-state index in [1.165, 1.54) is 16.8 Å². The molecule has 0 atom stereocenters. The van der Waals surface area contributed by atoms with Gasteiger partial charge < -0.3 is 4.18 Å². The summed E-state index contributed by atoms with van der Waals surface area (Å²) in [5.74, 6) is 0.607. The number of hydrogen-bond acceptors (Lipinski definition) is 7. The fourth-order valence-electron chi connectivity index (χ4n) is 2.81. The van der Waals surface area contributed by atoms with E-state index in [-0.39, 0.29) is 11.3 Å². The van der Waals surface area contributed by atoms with Crippen LogP contribution in [-0.4, -0.2) is 29.2 Å². The molecule has 0 saturated heterocycles. The molecule has 0 unspecified atom stereocenters. The van der Waals surface area contributed by atoms with Gasteiger partial charge in [0, 0.05) is 12.3 Å². The molecule has 0 aliphatic rings. The van der Waals surface area contributed by atoms with Crippen LogP contribution in [0.2, 0.25) is 0 Å². The quantitative estimate of drug-likeness (QED) is 0.502. The molecular weight excluding hydrogens is 374 g/mol. The number of nitrogens with zero attached hydrogens (tertiary/aromatic N) is 3. The van der Waals surface area contributed by atoms with E-state index in [1.54, 1.807) is 6.92 Å². The molecule has 3 heterocycles. The minimum Gasteiger partial charge on any atom is -0.382 e. The van der Waals surface area contributed by atoms with E-state index >= 15 is 0 Å². The Balaban J connectivity index is 2.08. The zero-order valence-electron chi connectivity index (χ0n) is 13.8. The molecule has 0 N–H and O–H groups in total. The van der Waals surface area contributed by atoms with Gasteiger partial charge in [-0.15, -0.1) is 11.3 Å². The smallest absolute Gasteiger partial charge is 0.306 e. The van der Waals surface area contributed by atoms with Gasteiger partial charge in [-0.1, -0.05) is 18.2 Å². The third-order valence-corrected chi connectivity index (χ3v) is 5.34. The molecule has 26 heavy (non-hydrogen) atoms. The summed E-state index contributed by atoms with van der Waals surface area (Å²) in [7, 11) is -3.72. The summed E-state index contributed by atoms with van der Waals surface area (Å²) in [6.45, 7) is 1.73. The van der Waals surface area contributed by atoms with Gasteiger partial charge in [-0.3, -0.25) is 9.36 Å². The molecule has 132 valence electrons. The number of rotatable bonds is 3. The fraction of sp³-hybridized carbons (Fsp3) is 0.118. The van der Waals surface area contributed by atoms with Crippen LogP contribution in [0.5, 0.6) is 5.75 Å². The lowest BCUT2D eigenvalue weighted by atomic mass is 10.2. The Morgan fingerprint density at radius 3 is 2.58 bits per heavy atom. The van der Waals surface area contributed by atoms with Crippen molar-refractivity contribution < 1.29 is 12.6 Å². The lowest BCUT2D eigenvalue weighted by molar-refractivity contribution is 0.495. The van der Waals surface area contributed by atoms with E-state index in [0.29, 0.717) is 31.9 Å². The largest absolute Gasteiger partial charge is 0.382 e. The van der Waals surface area contributed by atoms with Crippen LogP contribution in [0.25, 0.3) is 26.1 Å². The summed E-state index contributed by atoms with van der Waals surface area (Å²) < 4.78 is 30.1. The lowest BCUT2D eigenvalue weighted by Crippen LogP contribution is -2.21. The van der Waals surface area contributed by atoms with Crippen LogP contribution < -0.4 is 9.74 Å². The molecule has 0 fully saturated rings. The highest BCUT2D eigenvalue weighted by Gasteiger charge is 2.20. The monoisotopic (exact) mass is 387 g/mol. The number of aromatic nitrogens is 3. The highest BCUT2D eigenvalue weighted by Crippen LogP contribution is 2.36. The fourth-order valence-corrected chi connectivity index (χ4v) is 4.30. The molecule has 4 rings (SSSR count). The molecule has 0 radical (unpaired) electrons. The van der Waals surface area contributed by atoms with Crippen molar-refractivity contribution in [3.8, 4) is 11.4 Å². The van der Waals surface area contributed by atoms with Gasteiger partial charge in [-0.25, -0.2) is 9.97 Å². The van der Waals surface area contributed by atoms with Gasteiger partial charge >= 0.3 is 10.1 Å². The van der Waals surface area contributed by atoms with Gasteiger partial charge in [-0.05, 0) is 19.1 Å². The topological polar surface area (TPSA) is 91.2 Å². The average molecular weight is 387 g/mol. The number of thiophene rings is 1. The summed E-state index contributed by atoms with van der Waals surface area (Å²) in [4.78, 5) is 22.3. The molecule has 9 heteroatoms. The van der Waals surface area contributed by atoms with Crippen molar-refractivity contribution in [3.05, 3.63) is 58.8 Å². The van der Waals surface area contributed by atoms with Crippen LogP contribution in [0.4, 0.5) is 0 Å². The van der Waals surface area contributed by atoms with Crippen molar-refractivity contribution in [1.29, 1.82) is 0 Å². The zero-order chi connectivity index (χ0) is 18.5. The van der Waals surface area contributed by atoms with E-state index in [9.17, 15) is 13.2 Å². The van der Waals surface area contributed by atoms with E-state index in [2.05, 4.69) is 9.97 Å². The van der Waals surface area contributed by atoms with E-state index in [0.717, 1.165) is 17.6 Å². The molecule has 0 aliphatic carbocycles. The second-order valence-corrected chi connectivity index (χ2v) is 8.27. The first-order chi connectivity index (χ1) is 12.3. The number of benzene rings is 1. The normalized spacial score (nSPS) is 11.9. The zero-order valence-corrected chi connectivity index (χ0v) is 15.5. The molecule has 4 aromatic rings. The van der Waals surface area contributed by atoms with Crippen molar-refractivity contribution in [3.63, 3.8) is 0 Å². The second kappa shape index (κ2) is 5.89. The maximum Gasteiger partial charge on any atom is 0.306 e. The Kier molecular flexibility index (Phi) is 3.78. The predicted molar refractivity (Wildman–Crippen MR) is 101 cm³/mol. The van der Waals surface area contributed by atoms with Crippen LogP contribution in [-0.2, 0) is 10.1 Å². The lowest BCUT2D eigenvalue weighted by Gasteiger charge is -2.09. The van der Waals surface area contributed by atoms with Gasteiger partial charge in [0.15, 0.2) is 5.75 Å². The van der Waals surface area contributed by atoms with Crippen molar-refractivity contribution in [2.24, 2.45) is 0 Å². The number of hydrogen-bond donors (Lipinski definition) is 0. The van der Waals surface area contributed by atoms with Crippen LogP contribution in [0.1, 0.15) is 5.82 Å². The molecule has 0 aliphatic heterocycles. The molecule has 1 aromatic carbocycles. The number of pyridine rings is 1. The van der Waals surface area contributed by atoms with Crippen molar-refractivity contribution in [1.82, 2.24) is 14.5 Å². The highest BCUT2D eigenvalue weighted by atomic mass is 32.2. The van der Waals surface area contributed by atoms with E-state index < -0.39 is 10.1 Å². The Morgan fingerprint density at radius 2 is 1.88 bits per heavy atom. The van der Waals surface area contributed by atoms with E-state index in [1.807, 2.05) is 30.3 Å². The standard InChI is InChI=1S/C17H13N3O4S2/c1-10-19-14-13-12(24-26(2,22)23)8-9-18-16(13)25-15(14)17(21)20(10)11-6-4-3-5-7-11/h3-9H,1-2H3. The third-order valence-electron chi connectivity index (χ3n) is 3.78. The maximum absolute atomic E-state index is 13.1. The Morgan fingerprint density at radius 1 is 1.15 bits per heavy atom. The molecule has 3 aromatic heterocycles. The van der Waals surface area contributed by atoms with Gasteiger partial charge in [-0.2, -0.15) is 8.42 Å². The number of fused-ring (bicyclic) bond motifs is 3. The van der Waals surface area contributed by atoms with Crippen molar-refractivity contribution >= 4 is 41.9 Å². The first-order valence-corrected chi connectivity index (χ1v) is 10.2. The molecule has 0 bridgehead atoms. The molecule has 7 nitrogen and oxygen atoms in total. The summed E-state index contributed by atoms with van der Waals surface area (Å²) in [6.07, 6.45) is 2.41. The number of aryl methyl sites for hydroxylation is 1. The Bertz CT molecular complexity index is 1310. The first kappa shape index (κ1) is 16.7. The SMILES string of the molecule is Cc1nc2c(sc3nccc(OS(C)(=O)=O)c32)c(=O)n1-c1ccccc1.